The van der Waals surface area contributed by atoms with E-state index in [2.05, 4.69) is 13.8 Å². The second-order valence-electron chi connectivity index (χ2n) is 10.8. The molecular formula is C24H32O5. The average molecular weight is 401 g/mol. The molecule has 5 rings (SSSR count). The van der Waals surface area contributed by atoms with E-state index in [9.17, 15) is 14.7 Å². The van der Waals surface area contributed by atoms with E-state index in [1.54, 1.807) is 19.1 Å². The number of fused-ring (bicyclic) bond motifs is 7. The largest absolute Gasteiger partial charge is 0.393 e. The summed E-state index contributed by atoms with van der Waals surface area (Å²) < 4.78 is 12.7. The maximum absolute atomic E-state index is 13.0. The maximum atomic E-state index is 13.0. The van der Waals surface area contributed by atoms with Crippen molar-refractivity contribution in [1.82, 2.24) is 0 Å². The van der Waals surface area contributed by atoms with Crippen molar-refractivity contribution in [2.24, 2.45) is 28.6 Å². The second kappa shape index (κ2) is 5.68. The topological polar surface area (TPSA) is 72.8 Å². The normalized spacial score (nSPS) is 52.3. The van der Waals surface area contributed by atoms with E-state index in [0.717, 1.165) is 24.8 Å². The number of carbonyl (C=O) groups is 2. The van der Waals surface area contributed by atoms with E-state index in [-0.39, 0.29) is 40.8 Å². The van der Waals surface area contributed by atoms with Gasteiger partial charge in [0, 0.05) is 16.7 Å². The smallest absolute Gasteiger partial charge is 0.178 e. The lowest BCUT2D eigenvalue weighted by Gasteiger charge is -2.59. The Morgan fingerprint density at radius 3 is 2.66 bits per heavy atom. The number of carbonyl (C=O) groups excluding carboxylic acids is 2. The highest BCUT2D eigenvalue weighted by molar-refractivity contribution is 6.01. The van der Waals surface area contributed by atoms with Crippen molar-refractivity contribution < 1.29 is 24.2 Å². The van der Waals surface area contributed by atoms with Crippen LogP contribution in [0.5, 0.6) is 0 Å². The molecule has 5 aliphatic rings. The lowest BCUT2D eigenvalue weighted by Crippen LogP contribution is -2.63. The Kier molecular flexibility index (Phi) is 3.85. The maximum Gasteiger partial charge on any atom is 0.178 e. The van der Waals surface area contributed by atoms with Gasteiger partial charge in [-0.15, -0.1) is 0 Å². The summed E-state index contributed by atoms with van der Waals surface area (Å²) in [6.45, 7) is 9.66. The molecule has 1 aliphatic heterocycles. The van der Waals surface area contributed by atoms with E-state index in [1.807, 2.05) is 19.9 Å². The molecule has 5 nitrogen and oxygen atoms in total. The number of hydrogen-bond donors (Lipinski definition) is 1. The highest BCUT2D eigenvalue weighted by Crippen LogP contribution is 2.70. The van der Waals surface area contributed by atoms with Gasteiger partial charge in [0.2, 0.25) is 0 Å². The van der Waals surface area contributed by atoms with Crippen LogP contribution < -0.4 is 0 Å². The Labute approximate surface area is 172 Å². The fourth-order valence-electron chi connectivity index (χ4n) is 8.07. The molecule has 0 bridgehead atoms. The molecule has 0 aromatic carbocycles. The zero-order valence-corrected chi connectivity index (χ0v) is 18.0. The second-order valence-corrected chi connectivity index (χ2v) is 10.8. The number of ether oxygens (including phenoxy) is 2. The molecule has 4 aliphatic carbocycles. The summed E-state index contributed by atoms with van der Waals surface area (Å²) >= 11 is 0. The van der Waals surface area contributed by atoms with Crippen LogP contribution in [0, 0.1) is 28.6 Å². The van der Waals surface area contributed by atoms with Crippen molar-refractivity contribution in [3.05, 3.63) is 23.8 Å². The minimum atomic E-state index is -0.998. The average Bonchev–Trinajstić information content (AvgIpc) is 3.02. The monoisotopic (exact) mass is 400 g/mol. The minimum absolute atomic E-state index is 0.00879. The number of hydrogen-bond acceptors (Lipinski definition) is 5. The van der Waals surface area contributed by atoms with Gasteiger partial charge >= 0.3 is 0 Å². The molecule has 0 spiro atoms. The summed E-state index contributed by atoms with van der Waals surface area (Å²) in [7, 11) is 0. The minimum Gasteiger partial charge on any atom is -0.393 e. The van der Waals surface area contributed by atoms with Gasteiger partial charge in [-0.25, -0.2) is 0 Å². The van der Waals surface area contributed by atoms with Gasteiger partial charge in [-0.3, -0.25) is 9.59 Å². The van der Waals surface area contributed by atoms with Gasteiger partial charge in [0.05, 0.1) is 12.2 Å². The quantitative estimate of drug-likeness (QED) is 0.731. The molecule has 29 heavy (non-hydrogen) atoms. The molecule has 8 atom stereocenters. The Hall–Kier alpha value is -1.30. The Bertz CT molecular complexity index is 855. The molecule has 0 radical (unpaired) electrons. The lowest BCUT2D eigenvalue weighted by molar-refractivity contribution is -0.223. The van der Waals surface area contributed by atoms with E-state index < -0.39 is 22.9 Å². The van der Waals surface area contributed by atoms with Crippen molar-refractivity contribution in [1.29, 1.82) is 0 Å². The van der Waals surface area contributed by atoms with Crippen molar-refractivity contribution in [3.63, 3.8) is 0 Å². The van der Waals surface area contributed by atoms with Crippen LogP contribution in [-0.4, -0.2) is 40.3 Å². The first-order valence-electron chi connectivity index (χ1n) is 11.0. The Morgan fingerprint density at radius 2 is 1.97 bits per heavy atom. The Morgan fingerprint density at radius 1 is 1.24 bits per heavy atom. The fraction of sp³-hybridized carbons (Fsp3) is 0.750. The number of Topliss-reactive ketones (excluding diaryl/α,β-unsaturated/α-hetero) is 1. The summed E-state index contributed by atoms with van der Waals surface area (Å²) in [6, 6.07) is 0. The molecule has 5 heteroatoms. The molecule has 1 N–H and O–H groups in total. The summed E-state index contributed by atoms with van der Waals surface area (Å²) in [5.41, 5.74) is -0.631. The van der Waals surface area contributed by atoms with Crippen molar-refractivity contribution in [2.75, 3.05) is 0 Å². The van der Waals surface area contributed by atoms with Gasteiger partial charge in [-0.05, 0) is 70.4 Å². The lowest BCUT2D eigenvalue weighted by atomic mass is 9.46. The Balaban J connectivity index is 1.59. The molecule has 1 heterocycles. The van der Waals surface area contributed by atoms with Crippen LogP contribution in [0.25, 0.3) is 0 Å². The molecule has 158 valence electrons. The van der Waals surface area contributed by atoms with Gasteiger partial charge in [-0.2, -0.15) is 0 Å². The van der Waals surface area contributed by atoms with E-state index in [1.165, 1.54) is 0 Å². The number of ketones is 2. The third-order valence-corrected chi connectivity index (χ3v) is 9.01. The molecule has 0 aromatic rings. The number of aliphatic hydroxyl groups excluding tert-OH is 1. The van der Waals surface area contributed by atoms with E-state index in [0.29, 0.717) is 6.42 Å². The van der Waals surface area contributed by atoms with Gasteiger partial charge in [0.1, 0.15) is 0 Å². The molecule has 3 saturated carbocycles. The van der Waals surface area contributed by atoms with Crippen LogP contribution in [0.1, 0.15) is 60.3 Å². The zero-order valence-electron chi connectivity index (χ0n) is 18.0. The number of rotatable bonds is 1. The molecular weight excluding hydrogens is 368 g/mol. The number of allylic oxidation sites excluding steroid dienone is 4. The predicted molar refractivity (Wildman–Crippen MR) is 107 cm³/mol. The zero-order chi connectivity index (χ0) is 21.0. The predicted octanol–water partition coefficient (Wildman–Crippen LogP) is 3.35. The summed E-state index contributed by atoms with van der Waals surface area (Å²) in [5, 5.41) is 11.5. The summed E-state index contributed by atoms with van der Waals surface area (Å²) in [4.78, 5) is 25.0. The van der Waals surface area contributed by atoms with Gasteiger partial charge in [-0.1, -0.05) is 25.5 Å². The van der Waals surface area contributed by atoms with Crippen LogP contribution in [0.15, 0.2) is 23.8 Å². The summed E-state index contributed by atoms with van der Waals surface area (Å²) in [6.07, 6.45) is 7.68. The molecule has 4 fully saturated rings. The standard InChI is InChI=1S/C24H32O5/c1-13(25)24-19(28-21(2,3)29-24)11-17-16-7-6-14-10-15(26)8-9-22(14,4)20(16)18(27)12-23(17,24)5/h8-10,16-20,27H,6-7,11-12H2,1-5H3. The van der Waals surface area contributed by atoms with Crippen molar-refractivity contribution in [3.8, 4) is 0 Å². The highest BCUT2D eigenvalue weighted by atomic mass is 16.8. The van der Waals surface area contributed by atoms with Crippen molar-refractivity contribution in [2.45, 2.75) is 83.9 Å². The van der Waals surface area contributed by atoms with Crippen LogP contribution >= 0.6 is 0 Å². The van der Waals surface area contributed by atoms with Gasteiger partial charge in [0.25, 0.3) is 0 Å². The van der Waals surface area contributed by atoms with Crippen LogP contribution in [-0.2, 0) is 19.1 Å². The van der Waals surface area contributed by atoms with Gasteiger partial charge in [0.15, 0.2) is 23.0 Å². The SMILES string of the molecule is CC(=O)C12OC(C)(C)OC1CC1C3CCC4=CC(=O)C=CC4(C)C3C(O)CC12C. The summed E-state index contributed by atoms with van der Waals surface area (Å²) in [5.74, 6) is -0.199. The fourth-order valence-corrected chi connectivity index (χ4v) is 8.07. The highest BCUT2D eigenvalue weighted by Gasteiger charge is 2.76. The molecule has 1 saturated heterocycles. The molecule has 0 aromatic heterocycles. The first-order valence-corrected chi connectivity index (χ1v) is 11.0. The van der Waals surface area contributed by atoms with E-state index >= 15 is 0 Å². The van der Waals surface area contributed by atoms with Gasteiger partial charge < -0.3 is 14.6 Å². The van der Waals surface area contributed by atoms with E-state index in [4.69, 9.17) is 9.47 Å². The number of aliphatic hydroxyl groups is 1. The first kappa shape index (κ1) is 19.7. The first-order chi connectivity index (χ1) is 13.4. The molecule has 8 unspecified atom stereocenters. The van der Waals surface area contributed by atoms with Crippen molar-refractivity contribution >= 4 is 11.6 Å². The van der Waals surface area contributed by atoms with Crippen LogP contribution in [0.3, 0.4) is 0 Å². The third kappa shape index (κ3) is 2.27. The molecule has 0 amide bonds. The van der Waals surface area contributed by atoms with Crippen LogP contribution in [0.4, 0.5) is 0 Å². The van der Waals surface area contributed by atoms with Crippen LogP contribution in [0.2, 0.25) is 0 Å². The third-order valence-electron chi connectivity index (χ3n) is 9.01.